The van der Waals surface area contributed by atoms with Gasteiger partial charge in [0.1, 0.15) is 0 Å². The summed E-state index contributed by atoms with van der Waals surface area (Å²) in [5.41, 5.74) is 1.37. The largest absolute Gasteiger partial charge is 0.377 e. The third-order valence-electron chi connectivity index (χ3n) is 4.58. The number of aromatic nitrogens is 1. The lowest BCUT2D eigenvalue weighted by Crippen LogP contribution is -2.57. The number of hydrogen-bond acceptors (Lipinski definition) is 4. The molecule has 0 spiro atoms. The fourth-order valence-corrected chi connectivity index (χ4v) is 3.97. The second kappa shape index (κ2) is 6.76. The normalized spacial score (nSPS) is 19.3. The highest BCUT2D eigenvalue weighted by Gasteiger charge is 2.44. The van der Waals surface area contributed by atoms with Crippen molar-refractivity contribution < 1.29 is 4.74 Å². The maximum atomic E-state index is 5.89. The molecule has 0 aromatic carbocycles. The van der Waals surface area contributed by atoms with Crippen LogP contribution in [-0.2, 0) is 16.6 Å². The predicted octanol–water partition coefficient (Wildman–Crippen LogP) is 3.92. The molecule has 1 aromatic rings. The molecule has 0 saturated heterocycles. The van der Waals surface area contributed by atoms with Gasteiger partial charge >= 0.3 is 0 Å². The summed E-state index contributed by atoms with van der Waals surface area (Å²) < 4.78 is 5.89. The van der Waals surface area contributed by atoms with E-state index in [9.17, 15) is 0 Å². The number of ether oxygens (including phenoxy) is 1. The van der Waals surface area contributed by atoms with Crippen molar-refractivity contribution in [2.24, 2.45) is 0 Å². The van der Waals surface area contributed by atoms with E-state index in [1.807, 2.05) is 7.11 Å². The van der Waals surface area contributed by atoms with E-state index in [-0.39, 0.29) is 11.0 Å². The van der Waals surface area contributed by atoms with E-state index in [1.54, 1.807) is 11.3 Å². The Morgan fingerprint density at radius 1 is 1.43 bits per heavy atom. The lowest BCUT2D eigenvalue weighted by Gasteiger charge is -2.46. The van der Waals surface area contributed by atoms with Crippen LogP contribution in [0, 0.1) is 0 Å². The Bertz CT molecular complexity index is 440. The third-order valence-corrected chi connectivity index (χ3v) is 5.45. The SMILES string of the molecule is CCCNC(Cc1nc(C(C)(C)C)cs1)C1(OC)CCC1. The van der Waals surface area contributed by atoms with Crippen molar-refractivity contribution in [1.29, 1.82) is 0 Å². The summed E-state index contributed by atoms with van der Waals surface area (Å²) in [4.78, 5) is 4.86. The quantitative estimate of drug-likeness (QED) is 0.829. The van der Waals surface area contributed by atoms with Gasteiger partial charge in [-0.05, 0) is 32.2 Å². The van der Waals surface area contributed by atoms with Crippen LogP contribution in [0.1, 0.15) is 64.1 Å². The number of nitrogens with one attached hydrogen (secondary N) is 1. The van der Waals surface area contributed by atoms with Crippen molar-refractivity contribution in [2.45, 2.75) is 76.9 Å². The molecule has 1 atom stereocenters. The van der Waals surface area contributed by atoms with Crippen molar-refractivity contribution in [3.8, 4) is 0 Å². The lowest BCUT2D eigenvalue weighted by atomic mass is 9.73. The average molecular weight is 311 g/mol. The van der Waals surface area contributed by atoms with Crippen molar-refractivity contribution in [1.82, 2.24) is 10.3 Å². The van der Waals surface area contributed by atoms with Gasteiger partial charge in [-0.1, -0.05) is 27.7 Å². The predicted molar refractivity (Wildman–Crippen MR) is 90.2 cm³/mol. The molecule has 0 aliphatic heterocycles. The van der Waals surface area contributed by atoms with Crippen LogP contribution in [0.15, 0.2) is 5.38 Å². The summed E-state index contributed by atoms with van der Waals surface area (Å²) in [5, 5.41) is 7.15. The minimum Gasteiger partial charge on any atom is -0.377 e. The van der Waals surface area contributed by atoms with E-state index >= 15 is 0 Å². The molecule has 2 rings (SSSR count). The van der Waals surface area contributed by atoms with Gasteiger partial charge < -0.3 is 10.1 Å². The van der Waals surface area contributed by atoms with Crippen LogP contribution in [0.4, 0.5) is 0 Å². The molecule has 1 aliphatic rings. The van der Waals surface area contributed by atoms with Gasteiger partial charge in [-0.3, -0.25) is 0 Å². The summed E-state index contributed by atoms with van der Waals surface area (Å²) in [6, 6.07) is 0.384. The zero-order valence-electron chi connectivity index (χ0n) is 14.2. The highest BCUT2D eigenvalue weighted by Crippen LogP contribution is 2.39. The Balaban J connectivity index is 2.09. The van der Waals surface area contributed by atoms with E-state index in [0.717, 1.165) is 19.4 Å². The second-order valence-electron chi connectivity index (χ2n) is 7.21. The summed E-state index contributed by atoms with van der Waals surface area (Å²) in [5.74, 6) is 0. The van der Waals surface area contributed by atoms with Crippen LogP contribution in [0.25, 0.3) is 0 Å². The molecule has 21 heavy (non-hydrogen) atoms. The number of thiazole rings is 1. The third kappa shape index (κ3) is 3.85. The van der Waals surface area contributed by atoms with Gasteiger partial charge in [-0.2, -0.15) is 0 Å². The molecule has 120 valence electrons. The number of hydrogen-bond donors (Lipinski definition) is 1. The lowest BCUT2D eigenvalue weighted by molar-refractivity contribution is -0.0980. The maximum absolute atomic E-state index is 5.89. The van der Waals surface area contributed by atoms with Gasteiger partial charge in [0.2, 0.25) is 0 Å². The first kappa shape index (κ1) is 16.9. The summed E-state index contributed by atoms with van der Waals surface area (Å²) in [7, 11) is 1.86. The first-order valence-corrected chi connectivity index (χ1v) is 9.02. The van der Waals surface area contributed by atoms with Crippen molar-refractivity contribution in [3.63, 3.8) is 0 Å². The van der Waals surface area contributed by atoms with Gasteiger partial charge in [-0.15, -0.1) is 11.3 Å². The van der Waals surface area contributed by atoms with Crippen LogP contribution in [-0.4, -0.2) is 30.3 Å². The molecule has 1 fully saturated rings. The van der Waals surface area contributed by atoms with Crippen LogP contribution in [0.5, 0.6) is 0 Å². The zero-order chi connectivity index (χ0) is 15.5. The molecule has 1 aromatic heterocycles. The Morgan fingerprint density at radius 3 is 2.57 bits per heavy atom. The van der Waals surface area contributed by atoms with Gasteiger partial charge in [0.05, 0.1) is 16.3 Å². The molecule has 1 unspecified atom stereocenters. The molecule has 0 radical (unpaired) electrons. The molecule has 0 bridgehead atoms. The fourth-order valence-electron chi connectivity index (χ4n) is 2.91. The first-order valence-electron chi connectivity index (χ1n) is 8.15. The molecular weight excluding hydrogens is 280 g/mol. The van der Waals surface area contributed by atoms with E-state index in [1.165, 1.54) is 30.0 Å². The topological polar surface area (TPSA) is 34.2 Å². The minimum absolute atomic E-state index is 0.0305. The smallest absolute Gasteiger partial charge is 0.0945 e. The van der Waals surface area contributed by atoms with E-state index in [4.69, 9.17) is 9.72 Å². The van der Waals surface area contributed by atoms with E-state index in [0.29, 0.717) is 6.04 Å². The first-order chi connectivity index (χ1) is 9.91. The van der Waals surface area contributed by atoms with Crippen LogP contribution in [0.3, 0.4) is 0 Å². The van der Waals surface area contributed by atoms with Gasteiger partial charge in [-0.25, -0.2) is 4.98 Å². The summed E-state index contributed by atoms with van der Waals surface area (Å²) in [6.45, 7) is 9.93. The zero-order valence-corrected chi connectivity index (χ0v) is 15.0. The van der Waals surface area contributed by atoms with Crippen LogP contribution >= 0.6 is 11.3 Å². The van der Waals surface area contributed by atoms with Crippen molar-refractivity contribution in [3.05, 3.63) is 16.1 Å². The van der Waals surface area contributed by atoms with Gasteiger partial charge in [0.15, 0.2) is 0 Å². The highest BCUT2D eigenvalue weighted by atomic mass is 32.1. The second-order valence-corrected chi connectivity index (χ2v) is 8.15. The summed E-state index contributed by atoms with van der Waals surface area (Å²) in [6.07, 6.45) is 5.75. The van der Waals surface area contributed by atoms with E-state index < -0.39 is 0 Å². The molecule has 4 heteroatoms. The fraction of sp³-hybridized carbons (Fsp3) is 0.824. The number of methoxy groups -OCH3 is 1. The number of nitrogens with zero attached hydrogens (tertiary/aromatic N) is 1. The number of rotatable bonds is 7. The molecular formula is C17H30N2OS. The molecule has 1 heterocycles. The van der Waals surface area contributed by atoms with Gasteiger partial charge in [0.25, 0.3) is 0 Å². The molecule has 3 nitrogen and oxygen atoms in total. The highest BCUT2D eigenvalue weighted by molar-refractivity contribution is 7.09. The maximum Gasteiger partial charge on any atom is 0.0945 e. The molecule has 1 N–H and O–H groups in total. The van der Waals surface area contributed by atoms with Crippen LogP contribution in [0.2, 0.25) is 0 Å². The molecule has 1 aliphatic carbocycles. The Kier molecular flexibility index (Phi) is 5.44. The Morgan fingerprint density at radius 2 is 2.14 bits per heavy atom. The van der Waals surface area contributed by atoms with Crippen molar-refractivity contribution in [2.75, 3.05) is 13.7 Å². The molecule has 0 amide bonds. The van der Waals surface area contributed by atoms with Gasteiger partial charge in [0, 0.05) is 30.4 Å². The Hall–Kier alpha value is -0.450. The summed E-state index contributed by atoms with van der Waals surface area (Å²) >= 11 is 1.79. The van der Waals surface area contributed by atoms with Crippen molar-refractivity contribution >= 4 is 11.3 Å². The monoisotopic (exact) mass is 310 g/mol. The standard InChI is InChI=1S/C17H30N2OS/c1-6-10-18-13(17(20-5)8-7-9-17)11-15-19-14(12-21-15)16(2,3)4/h12-13,18H,6-11H2,1-5H3. The minimum atomic E-state index is 0.0305. The Labute approximate surface area is 133 Å². The van der Waals surface area contributed by atoms with Crippen LogP contribution < -0.4 is 5.32 Å². The molecule has 1 saturated carbocycles. The van der Waals surface area contributed by atoms with E-state index in [2.05, 4.69) is 38.4 Å². The average Bonchev–Trinajstić information content (AvgIpc) is 2.83.